The zero-order chi connectivity index (χ0) is 14.7. The maximum atomic E-state index is 12.9. The Bertz CT molecular complexity index is 595. The summed E-state index contributed by atoms with van der Waals surface area (Å²) in [4.78, 5) is 7.43. The van der Waals surface area contributed by atoms with Crippen LogP contribution < -0.4 is 5.32 Å². The molecular weight excluding hydrogens is 303 g/mol. The van der Waals surface area contributed by atoms with E-state index in [1.165, 1.54) is 47.0 Å². The van der Waals surface area contributed by atoms with Crippen LogP contribution in [0.15, 0.2) is 29.2 Å². The summed E-state index contributed by atoms with van der Waals surface area (Å²) >= 11 is 3.58. The SMILES string of the molecule is CNCC1CCCc2sc(CSc3ccc(F)cc3)nc21. The molecule has 0 fully saturated rings. The average Bonchev–Trinajstić information content (AvgIpc) is 2.91. The molecule has 112 valence electrons. The van der Waals surface area contributed by atoms with Gasteiger partial charge in [0.1, 0.15) is 10.8 Å². The lowest BCUT2D eigenvalue weighted by Gasteiger charge is -2.20. The van der Waals surface area contributed by atoms with E-state index >= 15 is 0 Å². The molecule has 1 unspecified atom stereocenters. The number of hydrogen-bond acceptors (Lipinski definition) is 4. The highest BCUT2D eigenvalue weighted by Crippen LogP contribution is 2.36. The summed E-state index contributed by atoms with van der Waals surface area (Å²) in [7, 11) is 2.01. The molecule has 0 saturated heterocycles. The molecule has 1 atom stereocenters. The lowest BCUT2D eigenvalue weighted by Crippen LogP contribution is -2.21. The van der Waals surface area contributed by atoms with Crippen LogP contribution in [0.25, 0.3) is 0 Å². The lowest BCUT2D eigenvalue weighted by molar-refractivity contribution is 0.522. The van der Waals surface area contributed by atoms with Gasteiger partial charge in [0.25, 0.3) is 0 Å². The number of fused-ring (bicyclic) bond motifs is 1. The molecule has 2 aromatic rings. The van der Waals surface area contributed by atoms with E-state index in [2.05, 4.69) is 5.32 Å². The van der Waals surface area contributed by atoms with Crippen molar-refractivity contribution >= 4 is 23.1 Å². The van der Waals surface area contributed by atoms with Crippen molar-refractivity contribution in [2.75, 3.05) is 13.6 Å². The predicted octanol–water partition coefficient (Wildman–Crippen LogP) is 4.21. The zero-order valence-corrected chi connectivity index (χ0v) is 13.7. The van der Waals surface area contributed by atoms with E-state index in [1.807, 2.05) is 30.5 Å². The molecule has 2 nitrogen and oxygen atoms in total. The van der Waals surface area contributed by atoms with Crippen LogP contribution in [-0.2, 0) is 12.2 Å². The Labute approximate surface area is 133 Å². The second-order valence-electron chi connectivity index (χ2n) is 5.31. The van der Waals surface area contributed by atoms with Crippen LogP contribution in [0, 0.1) is 5.82 Å². The first kappa shape index (κ1) is 15.0. The van der Waals surface area contributed by atoms with Gasteiger partial charge in [-0.15, -0.1) is 23.1 Å². The van der Waals surface area contributed by atoms with Crippen LogP contribution in [-0.4, -0.2) is 18.6 Å². The number of aryl methyl sites for hydroxylation is 1. The number of benzene rings is 1. The fourth-order valence-corrected chi connectivity index (χ4v) is 4.83. The molecule has 0 spiro atoms. The molecule has 1 aliphatic rings. The fraction of sp³-hybridized carbons (Fsp3) is 0.438. The molecule has 0 saturated carbocycles. The van der Waals surface area contributed by atoms with Crippen molar-refractivity contribution in [1.82, 2.24) is 10.3 Å². The maximum absolute atomic E-state index is 12.9. The number of thioether (sulfide) groups is 1. The van der Waals surface area contributed by atoms with Crippen molar-refractivity contribution in [3.63, 3.8) is 0 Å². The number of rotatable bonds is 5. The Morgan fingerprint density at radius 1 is 1.38 bits per heavy atom. The van der Waals surface area contributed by atoms with Crippen molar-refractivity contribution in [2.45, 2.75) is 35.8 Å². The highest BCUT2D eigenvalue weighted by molar-refractivity contribution is 7.98. The third kappa shape index (κ3) is 3.65. The zero-order valence-electron chi connectivity index (χ0n) is 12.1. The monoisotopic (exact) mass is 322 g/mol. The van der Waals surface area contributed by atoms with Gasteiger partial charge in [-0.1, -0.05) is 0 Å². The highest BCUT2D eigenvalue weighted by Gasteiger charge is 2.24. The van der Waals surface area contributed by atoms with Crippen molar-refractivity contribution in [3.05, 3.63) is 45.7 Å². The minimum atomic E-state index is -0.182. The van der Waals surface area contributed by atoms with Crippen molar-refractivity contribution in [2.24, 2.45) is 0 Å². The van der Waals surface area contributed by atoms with Crippen LogP contribution in [0.3, 0.4) is 0 Å². The Morgan fingerprint density at radius 3 is 2.95 bits per heavy atom. The van der Waals surface area contributed by atoms with E-state index in [-0.39, 0.29) is 5.82 Å². The van der Waals surface area contributed by atoms with Gasteiger partial charge in [-0.3, -0.25) is 0 Å². The number of nitrogens with one attached hydrogen (secondary N) is 1. The van der Waals surface area contributed by atoms with Crippen LogP contribution in [0.1, 0.15) is 34.3 Å². The largest absolute Gasteiger partial charge is 0.319 e. The first-order valence-corrected chi connectivity index (χ1v) is 9.08. The molecule has 1 heterocycles. The van der Waals surface area contributed by atoms with Gasteiger partial charge in [-0.2, -0.15) is 0 Å². The predicted molar refractivity (Wildman–Crippen MR) is 87.7 cm³/mol. The van der Waals surface area contributed by atoms with Gasteiger partial charge in [-0.25, -0.2) is 9.37 Å². The van der Waals surface area contributed by atoms with E-state index in [9.17, 15) is 4.39 Å². The topological polar surface area (TPSA) is 24.9 Å². The molecule has 1 N–H and O–H groups in total. The minimum absolute atomic E-state index is 0.182. The first-order chi connectivity index (χ1) is 10.3. The third-order valence-corrected chi connectivity index (χ3v) is 6.08. The van der Waals surface area contributed by atoms with Crippen molar-refractivity contribution in [3.8, 4) is 0 Å². The maximum Gasteiger partial charge on any atom is 0.123 e. The number of thiazole rings is 1. The summed E-state index contributed by atoms with van der Waals surface area (Å²) in [6.45, 7) is 1.02. The average molecular weight is 322 g/mol. The smallest absolute Gasteiger partial charge is 0.123 e. The lowest BCUT2D eigenvalue weighted by atomic mass is 9.91. The molecular formula is C16H19FN2S2. The van der Waals surface area contributed by atoms with Gasteiger partial charge in [0.05, 0.1) is 11.4 Å². The second kappa shape index (κ2) is 6.90. The molecule has 1 aliphatic carbocycles. The minimum Gasteiger partial charge on any atom is -0.319 e. The Hall–Kier alpha value is -0.910. The first-order valence-electron chi connectivity index (χ1n) is 7.27. The Morgan fingerprint density at radius 2 is 2.19 bits per heavy atom. The summed E-state index contributed by atoms with van der Waals surface area (Å²) in [6.07, 6.45) is 3.68. The summed E-state index contributed by atoms with van der Waals surface area (Å²) in [5.74, 6) is 1.26. The summed E-state index contributed by atoms with van der Waals surface area (Å²) < 4.78 is 12.9. The van der Waals surface area contributed by atoms with Gasteiger partial charge < -0.3 is 5.32 Å². The van der Waals surface area contributed by atoms with Crippen molar-refractivity contribution < 1.29 is 4.39 Å². The van der Waals surface area contributed by atoms with Gasteiger partial charge in [0, 0.05) is 22.2 Å². The number of aromatic nitrogens is 1. The van der Waals surface area contributed by atoms with Gasteiger partial charge >= 0.3 is 0 Å². The highest BCUT2D eigenvalue weighted by atomic mass is 32.2. The number of nitrogens with zero attached hydrogens (tertiary/aromatic N) is 1. The van der Waals surface area contributed by atoms with Crippen molar-refractivity contribution in [1.29, 1.82) is 0 Å². The van der Waals surface area contributed by atoms with E-state index in [0.29, 0.717) is 5.92 Å². The standard InChI is InChI=1S/C16H19FN2S2/c1-18-9-11-3-2-4-14-16(11)19-15(21-14)10-20-13-7-5-12(17)6-8-13/h5-8,11,18H,2-4,9-10H2,1H3. The van der Waals surface area contributed by atoms with Gasteiger partial charge in [-0.05, 0) is 50.6 Å². The number of halogens is 1. The molecule has 0 amide bonds. The molecule has 0 bridgehead atoms. The van der Waals surface area contributed by atoms with Crippen LogP contribution in [0.2, 0.25) is 0 Å². The van der Waals surface area contributed by atoms with E-state index in [0.717, 1.165) is 17.2 Å². The van der Waals surface area contributed by atoms with E-state index in [4.69, 9.17) is 4.98 Å². The Balaban J connectivity index is 1.68. The molecule has 1 aromatic carbocycles. The molecule has 3 rings (SSSR count). The summed E-state index contributed by atoms with van der Waals surface area (Å²) in [6, 6.07) is 6.69. The fourth-order valence-electron chi connectivity index (χ4n) is 2.74. The van der Waals surface area contributed by atoms with Crippen LogP contribution in [0.5, 0.6) is 0 Å². The van der Waals surface area contributed by atoms with E-state index in [1.54, 1.807) is 11.8 Å². The summed E-state index contributed by atoms with van der Waals surface area (Å²) in [5.41, 5.74) is 1.32. The van der Waals surface area contributed by atoms with Crippen LogP contribution >= 0.6 is 23.1 Å². The molecule has 21 heavy (non-hydrogen) atoms. The number of likely N-dealkylation sites (N-methyl/N-ethyl adjacent to an activating group) is 1. The van der Waals surface area contributed by atoms with Crippen LogP contribution in [0.4, 0.5) is 4.39 Å². The van der Waals surface area contributed by atoms with E-state index < -0.39 is 0 Å². The number of hydrogen-bond donors (Lipinski definition) is 1. The Kier molecular flexibility index (Phi) is 4.93. The van der Waals surface area contributed by atoms with Gasteiger partial charge in [0.15, 0.2) is 0 Å². The normalized spacial score (nSPS) is 17.7. The molecule has 1 aromatic heterocycles. The second-order valence-corrected chi connectivity index (χ2v) is 7.52. The molecule has 5 heteroatoms. The quantitative estimate of drug-likeness (QED) is 0.835. The third-order valence-electron chi connectivity index (χ3n) is 3.74. The van der Waals surface area contributed by atoms with Gasteiger partial charge in [0.2, 0.25) is 0 Å². The summed E-state index contributed by atoms with van der Waals surface area (Å²) in [5, 5.41) is 4.47. The molecule has 0 radical (unpaired) electrons. The molecule has 0 aliphatic heterocycles.